The van der Waals surface area contributed by atoms with E-state index in [4.69, 9.17) is 9.94 Å². The van der Waals surface area contributed by atoms with E-state index >= 15 is 0 Å². The smallest absolute Gasteiger partial charge is 0.339 e. The Bertz CT molecular complexity index is 437. The minimum Gasteiger partial charge on any atom is -0.479 e. The van der Waals surface area contributed by atoms with E-state index in [0.717, 1.165) is 5.56 Å². The number of nitrogens with one attached hydrogen (secondary N) is 2. The van der Waals surface area contributed by atoms with Crippen molar-refractivity contribution in [1.82, 2.24) is 15.8 Å². The van der Waals surface area contributed by atoms with Crippen molar-refractivity contribution in [3.63, 3.8) is 0 Å². The summed E-state index contributed by atoms with van der Waals surface area (Å²) >= 11 is 0. The molecule has 0 aliphatic heterocycles. The van der Waals surface area contributed by atoms with Crippen LogP contribution in [0.4, 0.5) is 4.79 Å². The lowest BCUT2D eigenvalue weighted by atomic mass is 10.1. The summed E-state index contributed by atoms with van der Waals surface area (Å²) in [6.07, 6.45) is 2.50. The first kappa shape index (κ1) is 15.9. The van der Waals surface area contributed by atoms with E-state index in [1.807, 2.05) is 13.8 Å². The summed E-state index contributed by atoms with van der Waals surface area (Å²) in [5.74, 6) is -0.953. The zero-order valence-corrected chi connectivity index (χ0v) is 11.5. The van der Waals surface area contributed by atoms with Crippen LogP contribution in [0.1, 0.15) is 25.8 Å². The number of aliphatic carboxylic acids is 1. The third-order valence-electron chi connectivity index (χ3n) is 2.46. The van der Waals surface area contributed by atoms with Gasteiger partial charge in [0.25, 0.3) is 0 Å². The highest BCUT2D eigenvalue weighted by molar-refractivity contribution is 5.74. The summed E-state index contributed by atoms with van der Waals surface area (Å²) in [4.78, 5) is 31.1. The Balaban J connectivity index is 2.32. The molecule has 20 heavy (non-hydrogen) atoms. The molecule has 0 fully saturated rings. The lowest BCUT2D eigenvalue weighted by Crippen LogP contribution is -2.40. The maximum absolute atomic E-state index is 11.5. The molecule has 0 unspecified atom stereocenters. The lowest BCUT2D eigenvalue weighted by Gasteiger charge is -2.15. The first-order chi connectivity index (χ1) is 9.49. The topological polar surface area (TPSA) is 101 Å². The van der Waals surface area contributed by atoms with Gasteiger partial charge in [-0.2, -0.15) is 0 Å². The summed E-state index contributed by atoms with van der Waals surface area (Å²) in [6.45, 7) is 4.06. The number of urea groups is 1. The summed E-state index contributed by atoms with van der Waals surface area (Å²) in [7, 11) is 0. The molecule has 1 rings (SSSR count). The second-order valence-corrected chi connectivity index (χ2v) is 4.71. The highest BCUT2D eigenvalue weighted by Crippen LogP contribution is 2.07. The molecule has 0 radical (unpaired) electrons. The molecule has 2 amide bonds. The number of amides is 2. The van der Waals surface area contributed by atoms with Crippen LogP contribution in [0.25, 0.3) is 0 Å². The van der Waals surface area contributed by atoms with Gasteiger partial charge in [-0.1, -0.05) is 13.8 Å². The molecule has 1 atom stereocenters. The zero-order chi connectivity index (χ0) is 15.0. The Morgan fingerprint density at radius 2 is 2.00 bits per heavy atom. The number of carbonyl (C=O) groups excluding carboxylic acids is 1. The molecular weight excluding hydrogens is 262 g/mol. The van der Waals surface area contributed by atoms with Gasteiger partial charge in [-0.3, -0.25) is 9.82 Å². The number of carboxylic acids is 1. The van der Waals surface area contributed by atoms with Crippen LogP contribution in [-0.2, 0) is 16.2 Å². The fourth-order valence-electron chi connectivity index (χ4n) is 1.47. The molecular formula is C13H19N3O4. The lowest BCUT2D eigenvalue weighted by molar-refractivity contribution is -0.155. The van der Waals surface area contributed by atoms with E-state index in [-0.39, 0.29) is 5.92 Å². The van der Waals surface area contributed by atoms with Crippen molar-refractivity contribution in [2.45, 2.75) is 32.9 Å². The van der Waals surface area contributed by atoms with Gasteiger partial charge in [0.05, 0.1) is 0 Å². The Morgan fingerprint density at radius 1 is 1.35 bits per heavy atom. The monoisotopic (exact) mass is 281 g/mol. The predicted molar refractivity (Wildman–Crippen MR) is 71.6 cm³/mol. The molecule has 0 spiro atoms. The van der Waals surface area contributed by atoms with Crippen molar-refractivity contribution >= 4 is 12.0 Å². The van der Waals surface area contributed by atoms with Crippen molar-refractivity contribution in [2.24, 2.45) is 5.92 Å². The molecule has 1 aromatic rings. The third-order valence-corrected chi connectivity index (χ3v) is 2.46. The highest BCUT2D eigenvalue weighted by Gasteiger charge is 2.21. The molecule has 0 aliphatic carbocycles. The van der Waals surface area contributed by atoms with Crippen LogP contribution in [0.5, 0.6) is 0 Å². The van der Waals surface area contributed by atoms with Gasteiger partial charge in [0.2, 0.25) is 0 Å². The van der Waals surface area contributed by atoms with E-state index < -0.39 is 18.1 Å². The van der Waals surface area contributed by atoms with Crippen molar-refractivity contribution in [3.8, 4) is 0 Å². The normalized spacial score (nSPS) is 11.9. The number of hydroxylamine groups is 1. The number of nitrogens with zero attached hydrogens (tertiary/aromatic N) is 1. The van der Waals surface area contributed by atoms with Crippen molar-refractivity contribution in [2.75, 3.05) is 0 Å². The van der Waals surface area contributed by atoms with Gasteiger partial charge in [0, 0.05) is 18.9 Å². The number of carboxylic acid groups (broad SMARTS) is 1. The first-order valence-electron chi connectivity index (χ1n) is 6.30. The summed E-state index contributed by atoms with van der Waals surface area (Å²) < 4.78 is 0. The standard InChI is InChI=1S/C13H19N3O4/c1-9(2)7-11(12(17)18)20-16-13(19)15-8-10-3-5-14-6-4-10/h3-6,9,11H,7-8H2,1-2H3,(H,17,18)(H2,15,16,19)/t11-/m1/s1. The minimum absolute atomic E-state index is 0.151. The van der Waals surface area contributed by atoms with Crippen LogP contribution >= 0.6 is 0 Å². The van der Waals surface area contributed by atoms with Crippen LogP contribution in [0.15, 0.2) is 24.5 Å². The second-order valence-electron chi connectivity index (χ2n) is 4.71. The number of carbonyl (C=O) groups is 2. The van der Waals surface area contributed by atoms with E-state index in [1.54, 1.807) is 24.5 Å². The van der Waals surface area contributed by atoms with Gasteiger partial charge in [0.1, 0.15) is 0 Å². The zero-order valence-electron chi connectivity index (χ0n) is 11.5. The Morgan fingerprint density at radius 3 is 2.55 bits per heavy atom. The molecule has 0 saturated carbocycles. The summed E-state index contributed by atoms with van der Waals surface area (Å²) in [5.41, 5.74) is 2.97. The van der Waals surface area contributed by atoms with E-state index in [2.05, 4.69) is 15.8 Å². The predicted octanol–water partition coefficient (Wildman–Crippen LogP) is 1.31. The molecule has 0 aliphatic rings. The van der Waals surface area contributed by atoms with E-state index in [9.17, 15) is 9.59 Å². The average Bonchev–Trinajstić information content (AvgIpc) is 2.41. The molecule has 3 N–H and O–H groups in total. The largest absolute Gasteiger partial charge is 0.479 e. The van der Waals surface area contributed by atoms with Crippen molar-refractivity contribution < 1.29 is 19.5 Å². The summed E-state index contributed by atoms with van der Waals surface area (Å²) in [6, 6.07) is 2.94. The molecule has 1 heterocycles. The minimum atomic E-state index is -1.10. The SMILES string of the molecule is CC(C)C[C@@H](ONC(=O)NCc1ccncc1)C(=O)O. The van der Waals surface area contributed by atoms with Gasteiger partial charge in [-0.05, 0) is 30.0 Å². The van der Waals surface area contributed by atoms with E-state index in [0.29, 0.717) is 13.0 Å². The van der Waals surface area contributed by atoms with Gasteiger partial charge < -0.3 is 10.4 Å². The Labute approximate surface area is 117 Å². The van der Waals surface area contributed by atoms with Gasteiger partial charge >= 0.3 is 12.0 Å². The quantitative estimate of drug-likeness (QED) is 0.654. The third kappa shape index (κ3) is 6.14. The van der Waals surface area contributed by atoms with Crippen LogP contribution in [-0.4, -0.2) is 28.2 Å². The molecule has 0 saturated heterocycles. The fraction of sp³-hybridized carbons (Fsp3) is 0.462. The maximum Gasteiger partial charge on any atom is 0.339 e. The second kappa shape index (κ2) is 8.11. The van der Waals surface area contributed by atoms with Crippen LogP contribution in [0, 0.1) is 5.92 Å². The van der Waals surface area contributed by atoms with Crippen LogP contribution in [0.3, 0.4) is 0 Å². The number of aromatic nitrogens is 1. The van der Waals surface area contributed by atoms with Gasteiger partial charge in [-0.15, -0.1) is 0 Å². The van der Waals surface area contributed by atoms with Crippen molar-refractivity contribution in [1.29, 1.82) is 0 Å². The van der Waals surface area contributed by atoms with Gasteiger partial charge in [-0.25, -0.2) is 15.1 Å². The molecule has 110 valence electrons. The molecule has 0 aromatic carbocycles. The average molecular weight is 281 g/mol. The molecule has 0 bridgehead atoms. The number of pyridine rings is 1. The summed E-state index contributed by atoms with van der Waals surface area (Å²) in [5, 5.41) is 11.5. The Hall–Kier alpha value is -2.15. The molecule has 7 nitrogen and oxygen atoms in total. The maximum atomic E-state index is 11.5. The Kier molecular flexibility index (Phi) is 6.45. The van der Waals surface area contributed by atoms with Crippen LogP contribution in [0.2, 0.25) is 0 Å². The van der Waals surface area contributed by atoms with E-state index in [1.165, 1.54) is 0 Å². The molecule has 7 heteroatoms. The van der Waals surface area contributed by atoms with Crippen LogP contribution < -0.4 is 10.8 Å². The first-order valence-corrected chi connectivity index (χ1v) is 6.30. The highest BCUT2D eigenvalue weighted by atomic mass is 16.7. The molecule has 1 aromatic heterocycles. The number of hydrogen-bond donors (Lipinski definition) is 3. The van der Waals surface area contributed by atoms with Gasteiger partial charge in [0.15, 0.2) is 6.10 Å². The number of hydrogen-bond acceptors (Lipinski definition) is 4. The van der Waals surface area contributed by atoms with Crippen molar-refractivity contribution in [3.05, 3.63) is 30.1 Å². The number of rotatable bonds is 7. The fourth-order valence-corrected chi connectivity index (χ4v) is 1.47.